The molecule has 0 unspecified atom stereocenters. The summed E-state index contributed by atoms with van der Waals surface area (Å²) in [5.41, 5.74) is 0.662. The lowest BCUT2D eigenvalue weighted by Gasteiger charge is -2.31. The van der Waals surface area contributed by atoms with Gasteiger partial charge in [0.25, 0.3) is 5.56 Å². The number of thioether (sulfide) groups is 1. The molecule has 1 N–H and O–H groups in total. The van der Waals surface area contributed by atoms with E-state index in [9.17, 15) is 9.59 Å². The molecule has 0 saturated carbocycles. The summed E-state index contributed by atoms with van der Waals surface area (Å²) in [4.78, 5) is 33.2. The fourth-order valence-corrected chi connectivity index (χ4v) is 5.72. The fourth-order valence-electron chi connectivity index (χ4n) is 3.49. The van der Waals surface area contributed by atoms with Gasteiger partial charge in [-0.25, -0.2) is 4.98 Å². The lowest BCUT2D eigenvalue weighted by molar-refractivity contribution is -0.118. The lowest BCUT2D eigenvalue weighted by atomic mass is 9.97. The summed E-state index contributed by atoms with van der Waals surface area (Å²) in [5, 5.41) is 7.05. The number of hydrogen-bond donors (Lipinski definition) is 1. The highest BCUT2D eigenvalue weighted by molar-refractivity contribution is 7.99. The van der Waals surface area contributed by atoms with Crippen LogP contribution in [0.4, 0.5) is 0 Å². The number of nitrogens with zero attached hydrogens (tertiary/aromatic N) is 3. The van der Waals surface area contributed by atoms with E-state index in [1.165, 1.54) is 32.4 Å². The minimum Gasteiger partial charge on any atom is -0.355 e. The Morgan fingerprint density at radius 1 is 1.28 bits per heavy atom. The number of hydrogen-bond acceptors (Lipinski definition) is 7. The quantitative estimate of drug-likeness (QED) is 0.574. The predicted octanol–water partition coefficient (Wildman–Crippen LogP) is 3.08. The van der Waals surface area contributed by atoms with Crippen LogP contribution in [0.1, 0.15) is 23.4 Å². The smallest absolute Gasteiger partial charge is 0.258 e. The first-order valence-corrected chi connectivity index (χ1v) is 12.6. The van der Waals surface area contributed by atoms with Crippen molar-refractivity contribution >= 4 is 45.3 Å². The zero-order valence-corrected chi connectivity index (χ0v) is 18.5. The Balaban J connectivity index is 1.14. The molecule has 4 rings (SSSR count). The summed E-state index contributed by atoms with van der Waals surface area (Å²) < 4.78 is 1.54. The SMILES string of the molecule is O=C(CSCc1cc(=O)n2ccsc2n1)NCC1CCN(Cc2cccs2)CC1. The van der Waals surface area contributed by atoms with Gasteiger partial charge in [0.2, 0.25) is 5.91 Å². The summed E-state index contributed by atoms with van der Waals surface area (Å²) >= 11 is 4.75. The molecule has 4 heterocycles. The molecule has 1 fully saturated rings. The van der Waals surface area contributed by atoms with Crippen LogP contribution >= 0.6 is 34.4 Å². The van der Waals surface area contributed by atoms with Crippen molar-refractivity contribution < 1.29 is 4.79 Å². The van der Waals surface area contributed by atoms with Gasteiger partial charge < -0.3 is 5.32 Å². The second-order valence-corrected chi connectivity index (χ2v) is 10.1. The van der Waals surface area contributed by atoms with Crippen molar-refractivity contribution in [2.45, 2.75) is 25.1 Å². The Morgan fingerprint density at radius 3 is 2.93 bits per heavy atom. The highest BCUT2D eigenvalue weighted by atomic mass is 32.2. The Bertz CT molecular complexity index is 991. The Hall–Kier alpha value is -1.68. The number of likely N-dealkylation sites (tertiary alicyclic amines) is 1. The zero-order chi connectivity index (χ0) is 20.1. The summed E-state index contributed by atoms with van der Waals surface area (Å²) in [5.74, 6) is 1.58. The van der Waals surface area contributed by atoms with Gasteiger partial charge in [-0.2, -0.15) is 0 Å². The van der Waals surface area contributed by atoms with Crippen molar-refractivity contribution in [2.75, 3.05) is 25.4 Å². The molecular formula is C20H24N4O2S3. The number of carbonyl (C=O) groups is 1. The normalized spacial score (nSPS) is 15.7. The third-order valence-electron chi connectivity index (χ3n) is 5.09. The molecule has 0 radical (unpaired) electrons. The highest BCUT2D eigenvalue weighted by Crippen LogP contribution is 2.20. The number of nitrogens with one attached hydrogen (secondary N) is 1. The van der Waals surface area contributed by atoms with E-state index in [-0.39, 0.29) is 11.5 Å². The summed E-state index contributed by atoms with van der Waals surface area (Å²) in [6.45, 7) is 3.99. The number of carbonyl (C=O) groups excluding carboxylic acids is 1. The number of thiazole rings is 1. The third kappa shape index (κ3) is 5.69. The van der Waals surface area contributed by atoms with Gasteiger partial charge in [0.05, 0.1) is 11.4 Å². The Kier molecular flexibility index (Phi) is 7.02. The van der Waals surface area contributed by atoms with Gasteiger partial charge in [0.15, 0.2) is 4.96 Å². The van der Waals surface area contributed by atoms with Crippen LogP contribution in [0.15, 0.2) is 40.0 Å². The zero-order valence-electron chi connectivity index (χ0n) is 16.1. The molecule has 1 aliphatic heterocycles. The molecule has 3 aromatic heterocycles. The number of thiophene rings is 1. The van der Waals surface area contributed by atoms with Crippen LogP contribution in [-0.4, -0.2) is 45.6 Å². The van der Waals surface area contributed by atoms with Crippen molar-refractivity contribution in [3.05, 3.63) is 56.1 Å². The number of rotatable bonds is 8. The van der Waals surface area contributed by atoms with Gasteiger partial charge in [0, 0.05) is 41.4 Å². The number of amides is 1. The monoisotopic (exact) mass is 448 g/mol. The maximum absolute atomic E-state index is 12.2. The standard InChI is InChI=1S/C20H24N4O2S3/c25-18(14-27-13-16-10-19(26)24-7-9-29-20(24)22-16)21-11-15-3-5-23(6-4-15)12-17-2-1-8-28-17/h1-2,7-10,15H,3-6,11-14H2,(H,21,25). The van der Waals surface area contributed by atoms with Crippen molar-refractivity contribution in [1.82, 2.24) is 19.6 Å². The second kappa shape index (κ2) is 9.88. The third-order valence-corrected chi connectivity index (χ3v) is 7.68. The predicted molar refractivity (Wildman–Crippen MR) is 121 cm³/mol. The fraction of sp³-hybridized carbons (Fsp3) is 0.450. The molecule has 1 amide bonds. The van der Waals surface area contributed by atoms with Crippen LogP contribution in [0.25, 0.3) is 4.96 Å². The first-order valence-electron chi connectivity index (χ1n) is 9.72. The van der Waals surface area contributed by atoms with E-state index in [2.05, 4.69) is 32.7 Å². The van der Waals surface area contributed by atoms with E-state index in [1.54, 1.807) is 12.3 Å². The molecule has 0 aromatic carbocycles. The van der Waals surface area contributed by atoms with E-state index >= 15 is 0 Å². The van der Waals surface area contributed by atoms with E-state index < -0.39 is 0 Å². The van der Waals surface area contributed by atoms with Crippen molar-refractivity contribution in [2.24, 2.45) is 5.92 Å². The summed E-state index contributed by atoms with van der Waals surface area (Å²) in [7, 11) is 0. The van der Waals surface area contributed by atoms with Crippen LogP contribution < -0.4 is 10.9 Å². The topological polar surface area (TPSA) is 66.7 Å². The first-order chi connectivity index (χ1) is 14.2. The molecular weight excluding hydrogens is 424 g/mol. The maximum Gasteiger partial charge on any atom is 0.258 e. The Labute approximate surface area is 182 Å². The van der Waals surface area contributed by atoms with Crippen molar-refractivity contribution in [3.63, 3.8) is 0 Å². The number of aromatic nitrogens is 2. The van der Waals surface area contributed by atoms with Crippen LogP contribution in [0.3, 0.4) is 0 Å². The lowest BCUT2D eigenvalue weighted by Crippen LogP contribution is -2.38. The summed E-state index contributed by atoms with van der Waals surface area (Å²) in [6.07, 6.45) is 3.99. The maximum atomic E-state index is 12.2. The van der Waals surface area contributed by atoms with Crippen LogP contribution in [0.2, 0.25) is 0 Å². The first kappa shape index (κ1) is 20.6. The van der Waals surface area contributed by atoms with Gasteiger partial charge in [-0.15, -0.1) is 34.4 Å². The minimum absolute atomic E-state index is 0.0601. The molecule has 154 valence electrons. The molecule has 1 saturated heterocycles. The highest BCUT2D eigenvalue weighted by Gasteiger charge is 2.20. The molecule has 0 bridgehead atoms. The molecule has 29 heavy (non-hydrogen) atoms. The number of fused-ring (bicyclic) bond motifs is 1. The molecule has 1 aliphatic rings. The molecule has 0 spiro atoms. The van der Waals surface area contributed by atoms with Gasteiger partial charge in [-0.1, -0.05) is 6.07 Å². The summed E-state index contributed by atoms with van der Waals surface area (Å²) in [6, 6.07) is 5.85. The number of piperidine rings is 1. The second-order valence-electron chi connectivity index (χ2n) is 7.24. The Morgan fingerprint density at radius 2 is 2.14 bits per heavy atom. The van der Waals surface area contributed by atoms with E-state index in [4.69, 9.17) is 0 Å². The van der Waals surface area contributed by atoms with Crippen molar-refractivity contribution in [1.29, 1.82) is 0 Å². The van der Waals surface area contributed by atoms with Crippen LogP contribution in [0.5, 0.6) is 0 Å². The van der Waals surface area contributed by atoms with Crippen LogP contribution in [0, 0.1) is 5.92 Å². The molecule has 9 heteroatoms. The van der Waals surface area contributed by atoms with E-state index in [1.807, 2.05) is 16.7 Å². The average molecular weight is 449 g/mol. The van der Waals surface area contributed by atoms with Gasteiger partial charge in [-0.3, -0.25) is 18.9 Å². The van der Waals surface area contributed by atoms with Gasteiger partial charge >= 0.3 is 0 Å². The van der Waals surface area contributed by atoms with Crippen molar-refractivity contribution in [3.8, 4) is 0 Å². The molecule has 6 nitrogen and oxygen atoms in total. The van der Waals surface area contributed by atoms with Crippen LogP contribution in [-0.2, 0) is 17.1 Å². The van der Waals surface area contributed by atoms with Gasteiger partial charge in [0.1, 0.15) is 0 Å². The largest absolute Gasteiger partial charge is 0.355 e. The molecule has 3 aromatic rings. The van der Waals surface area contributed by atoms with E-state index in [0.29, 0.717) is 22.4 Å². The molecule has 0 aliphatic carbocycles. The van der Waals surface area contributed by atoms with Gasteiger partial charge in [-0.05, 0) is 43.3 Å². The average Bonchev–Trinajstić information content (AvgIpc) is 3.39. The van der Waals surface area contributed by atoms with E-state index in [0.717, 1.165) is 44.7 Å². The molecule has 0 atom stereocenters. The minimum atomic E-state index is -0.0678.